The first-order valence-corrected chi connectivity index (χ1v) is 11.6. The fourth-order valence-electron chi connectivity index (χ4n) is 4.21. The van der Waals surface area contributed by atoms with Gasteiger partial charge in [0.25, 0.3) is 5.91 Å². The number of hydrogen-bond donors (Lipinski definition) is 0. The topological polar surface area (TPSA) is 81.2 Å². The lowest BCUT2D eigenvalue weighted by molar-refractivity contribution is -0.127. The number of carbonyl (C=O) groups is 2. The van der Waals surface area contributed by atoms with Crippen LogP contribution in [-0.4, -0.2) is 74.1 Å². The third kappa shape index (κ3) is 5.33. The maximum Gasteiger partial charge on any atom is 0.254 e. The minimum atomic E-state index is -0.154. The summed E-state index contributed by atoms with van der Waals surface area (Å²) < 4.78 is 16.1. The minimum Gasteiger partial charge on any atom is -0.493 e. The van der Waals surface area contributed by atoms with Gasteiger partial charge in [-0.05, 0) is 41.0 Å². The summed E-state index contributed by atoms with van der Waals surface area (Å²) in [5.74, 6) is 1.03. The molecule has 0 bridgehead atoms. The summed E-state index contributed by atoms with van der Waals surface area (Å²) in [5, 5.41) is 0. The number of aromatic nitrogens is 1. The number of rotatable bonds is 7. The number of carbonyl (C=O) groups excluding carboxylic acids is 2. The average molecular weight is 488 g/mol. The predicted octanol–water partition coefficient (Wildman–Crippen LogP) is 3.52. The van der Waals surface area contributed by atoms with E-state index >= 15 is 0 Å². The van der Waals surface area contributed by atoms with E-state index in [-0.39, 0.29) is 11.8 Å². The number of nitrogens with zero attached hydrogens (tertiary/aromatic N) is 3. The molecule has 186 valence electrons. The van der Waals surface area contributed by atoms with Crippen molar-refractivity contribution >= 4 is 17.4 Å². The Balaban J connectivity index is 1.49. The molecule has 2 aromatic carbocycles. The quantitative estimate of drug-likeness (QED) is 0.475. The Labute approximate surface area is 210 Å². The van der Waals surface area contributed by atoms with Crippen LogP contribution in [0, 0.1) is 0 Å². The maximum atomic E-state index is 13.2. The standard InChI is InChI=1S/C28H29N3O5/c1-34-24-17-22(18-25(35-2)27(24)36-3)28(33)31-15-13-30(14-16-31)26(32)19-23(20-7-5-4-6-8-20)21-9-11-29-12-10-21/h4-12,17-19H,13-16H2,1-3H3. The van der Waals surface area contributed by atoms with Gasteiger partial charge in [0.15, 0.2) is 11.5 Å². The third-order valence-corrected chi connectivity index (χ3v) is 6.13. The average Bonchev–Trinajstić information content (AvgIpc) is 2.95. The zero-order chi connectivity index (χ0) is 25.5. The van der Waals surface area contributed by atoms with Crippen LogP contribution in [0.2, 0.25) is 0 Å². The molecule has 0 N–H and O–H groups in total. The van der Waals surface area contributed by atoms with E-state index < -0.39 is 0 Å². The van der Waals surface area contributed by atoms with Gasteiger partial charge in [-0.15, -0.1) is 0 Å². The molecule has 2 amide bonds. The first-order chi connectivity index (χ1) is 17.5. The summed E-state index contributed by atoms with van der Waals surface area (Å²) in [4.78, 5) is 34.0. The van der Waals surface area contributed by atoms with E-state index in [4.69, 9.17) is 14.2 Å². The van der Waals surface area contributed by atoms with Crippen LogP contribution < -0.4 is 14.2 Å². The van der Waals surface area contributed by atoms with Gasteiger partial charge in [-0.3, -0.25) is 14.6 Å². The fourth-order valence-corrected chi connectivity index (χ4v) is 4.21. The molecule has 0 saturated carbocycles. The van der Waals surface area contributed by atoms with Crippen molar-refractivity contribution in [2.24, 2.45) is 0 Å². The second-order valence-corrected chi connectivity index (χ2v) is 8.19. The normalized spacial score (nSPS) is 13.8. The molecule has 1 aromatic heterocycles. The number of hydrogen-bond acceptors (Lipinski definition) is 6. The number of ether oxygens (including phenoxy) is 3. The Morgan fingerprint density at radius 1 is 0.750 bits per heavy atom. The molecule has 1 saturated heterocycles. The smallest absolute Gasteiger partial charge is 0.254 e. The van der Waals surface area contributed by atoms with Crippen molar-refractivity contribution in [3.8, 4) is 17.2 Å². The molecular formula is C28H29N3O5. The van der Waals surface area contributed by atoms with Gasteiger partial charge < -0.3 is 24.0 Å². The Morgan fingerprint density at radius 2 is 1.31 bits per heavy atom. The lowest BCUT2D eigenvalue weighted by Crippen LogP contribution is -2.50. The molecule has 1 aliphatic rings. The Morgan fingerprint density at radius 3 is 1.86 bits per heavy atom. The van der Waals surface area contributed by atoms with E-state index in [0.29, 0.717) is 49.0 Å². The zero-order valence-corrected chi connectivity index (χ0v) is 20.6. The lowest BCUT2D eigenvalue weighted by atomic mass is 9.98. The van der Waals surface area contributed by atoms with Gasteiger partial charge >= 0.3 is 0 Å². The summed E-state index contributed by atoms with van der Waals surface area (Å²) in [7, 11) is 4.54. The van der Waals surface area contributed by atoms with E-state index in [1.807, 2.05) is 42.5 Å². The van der Waals surface area contributed by atoms with Crippen LogP contribution in [0.1, 0.15) is 21.5 Å². The van der Waals surface area contributed by atoms with Crippen LogP contribution in [0.25, 0.3) is 5.57 Å². The molecular weight excluding hydrogens is 458 g/mol. The molecule has 3 aromatic rings. The summed E-state index contributed by atoms with van der Waals surface area (Å²) >= 11 is 0. The number of benzene rings is 2. The number of pyridine rings is 1. The Kier molecular flexibility index (Phi) is 7.85. The monoisotopic (exact) mass is 487 g/mol. The first kappa shape index (κ1) is 24.8. The molecule has 2 heterocycles. The minimum absolute atomic E-state index is 0.0921. The van der Waals surface area contributed by atoms with Crippen molar-refractivity contribution in [3.63, 3.8) is 0 Å². The van der Waals surface area contributed by atoms with Crippen molar-refractivity contribution in [2.75, 3.05) is 47.5 Å². The fraction of sp³-hybridized carbons (Fsp3) is 0.250. The van der Waals surface area contributed by atoms with Gasteiger partial charge in [0.1, 0.15) is 0 Å². The highest BCUT2D eigenvalue weighted by molar-refractivity contribution is 5.99. The molecule has 8 heteroatoms. The van der Waals surface area contributed by atoms with E-state index in [9.17, 15) is 9.59 Å². The van der Waals surface area contributed by atoms with E-state index in [1.54, 1.807) is 40.4 Å². The molecule has 0 spiro atoms. The predicted molar refractivity (Wildman–Crippen MR) is 136 cm³/mol. The van der Waals surface area contributed by atoms with Crippen LogP contribution in [0.3, 0.4) is 0 Å². The first-order valence-electron chi connectivity index (χ1n) is 11.6. The summed E-state index contributed by atoms with van der Waals surface area (Å²) in [5.41, 5.74) is 3.14. The van der Waals surface area contributed by atoms with Gasteiger partial charge in [-0.25, -0.2) is 0 Å². The van der Waals surface area contributed by atoms with Crippen molar-refractivity contribution in [1.29, 1.82) is 0 Å². The van der Waals surface area contributed by atoms with E-state index in [0.717, 1.165) is 16.7 Å². The van der Waals surface area contributed by atoms with Crippen LogP contribution in [0.5, 0.6) is 17.2 Å². The van der Waals surface area contributed by atoms with Crippen molar-refractivity contribution in [2.45, 2.75) is 0 Å². The maximum absolute atomic E-state index is 13.2. The summed E-state index contributed by atoms with van der Waals surface area (Å²) in [6, 6.07) is 16.9. The molecule has 36 heavy (non-hydrogen) atoms. The van der Waals surface area contributed by atoms with Crippen LogP contribution in [0.15, 0.2) is 73.1 Å². The highest BCUT2D eigenvalue weighted by Gasteiger charge is 2.26. The van der Waals surface area contributed by atoms with Gasteiger partial charge in [-0.1, -0.05) is 30.3 Å². The van der Waals surface area contributed by atoms with Crippen LogP contribution in [-0.2, 0) is 4.79 Å². The number of methoxy groups -OCH3 is 3. The second-order valence-electron chi connectivity index (χ2n) is 8.19. The number of amides is 2. The molecule has 4 rings (SSSR count). The van der Waals surface area contributed by atoms with Crippen LogP contribution >= 0.6 is 0 Å². The van der Waals surface area contributed by atoms with Gasteiger partial charge in [-0.2, -0.15) is 0 Å². The zero-order valence-electron chi connectivity index (χ0n) is 20.6. The van der Waals surface area contributed by atoms with Crippen molar-refractivity contribution in [1.82, 2.24) is 14.8 Å². The molecule has 0 aliphatic carbocycles. The Hall–Kier alpha value is -4.33. The highest BCUT2D eigenvalue weighted by atomic mass is 16.5. The molecule has 1 aliphatic heterocycles. The Bertz CT molecular complexity index is 1170. The second kappa shape index (κ2) is 11.4. The van der Waals surface area contributed by atoms with Gasteiger partial charge in [0, 0.05) is 50.2 Å². The van der Waals surface area contributed by atoms with Gasteiger partial charge in [0.05, 0.1) is 21.3 Å². The summed E-state index contributed by atoms with van der Waals surface area (Å²) in [6.07, 6.45) is 5.09. The SMILES string of the molecule is COc1cc(C(=O)N2CCN(C(=O)C=C(c3ccccc3)c3ccncc3)CC2)cc(OC)c1OC. The van der Waals surface area contributed by atoms with Crippen molar-refractivity contribution in [3.05, 3.63) is 89.8 Å². The molecule has 8 nitrogen and oxygen atoms in total. The largest absolute Gasteiger partial charge is 0.493 e. The number of piperazine rings is 1. The van der Waals surface area contributed by atoms with Crippen LogP contribution in [0.4, 0.5) is 0 Å². The van der Waals surface area contributed by atoms with E-state index in [1.165, 1.54) is 21.3 Å². The summed E-state index contributed by atoms with van der Waals surface area (Å²) in [6.45, 7) is 1.71. The highest BCUT2D eigenvalue weighted by Crippen LogP contribution is 2.38. The third-order valence-electron chi connectivity index (χ3n) is 6.13. The molecule has 0 unspecified atom stereocenters. The van der Waals surface area contributed by atoms with Crippen molar-refractivity contribution < 1.29 is 23.8 Å². The van der Waals surface area contributed by atoms with E-state index in [2.05, 4.69) is 4.98 Å². The molecule has 0 radical (unpaired) electrons. The molecule has 1 fully saturated rings. The van der Waals surface area contributed by atoms with Gasteiger partial charge in [0.2, 0.25) is 11.7 Å². The lowest BCUT2D eigenvalue weighted by Gasteiger charge is -2.34. The molecule has 0 atom stereocenters.